The standard InChI is InChI=1S/C29H49N3O4/c1-9-11-12-13-14-16-32(25(33)20-30-28(35)36-29(6,7)8)26(27(34)31-23(5)15-10-2)24-18-21(3)17-22(4)19-24/h17-19,23,26H,9-16,20H2,1-8H3,(H,30,35)(H,31,34). The number of aryl methyl sites for hydroxylation is 2. The van der Waals surface area contributed by atoms with E-state index in [1.165, 1.54) is 0 Å². The van der Waals surface area contributed by atoms with E-state index in [2.05, 4.69) is 30.5 Å². The van der Waals surface area contributed by atoms with E-state index in [0.29, 0.717) is 6.54 Å². The minimum Gasteiger partial charge on any atom is -0.444 e. The number of carbonyl (C=O) groups excluding carboxylic acids is 3. The number of hydrogen-bond acceptors (Lipinski definition) is 4. The molecule has 2 unspecified atom stereocenters. The summed E-state index contributed by atoms with van der Waals surface area (Å²) in [6.45, 7) is 15.7. The van der Waals surface area contributed by atoms with Crippen molar-refractivity contribution in [3.63, 3.8) is 0 Å². The molecule has 0 saturated carbocycles. The Morgan fingerprint density at radius 1 is 0.944 bits per heavy atom. The molecular weight excluding hydrogens is 454 g/mol. The molecule has 0 bridgehead atoms. The van der Waals surface area contributed by atoms with Crippen molar-refractivity contribution in [2.45, 2.75) is 118 Å². The van der Waals surface area contributed by atoms with Crippen molar-refractivity contribution in [1.82, 2.24) is 15.5 Å². The normalized spacial score (nSPS) is 13.0. The molecule has 1 aromatic carbocycles. The van der Waals surface area contributed by atoms with Gasteiger partial charge in [-0.2, -0.15) is 0 Å². The van der Waals surface area contributed by atoms with Crippen LogP contribution in [-0.4, -0.2) is 47.5 Å². The van der Waals surface area contributed by atoms with Gasteiger partial charge in [0.25, 0.3) is 0 Å². The van der Waals surface area contributed by atoms with Crippen LogP contribution in [0, 0.1) is 13.8 Å². The lowest BCUT2D eigenvalue weighted by atomic mass is 9.98. The minimum atomic E-state index is -0.776. The summed E-state index contributed by atoms with van der Waals surface area (Å²) >= 11 is 0. The Morgan fingerprint density at radius 3 is 2.11 bits per heavy atom. The Hall–Kier alpha value is -2.57. The zero-order chi connectivity index (χ0) is 27.3. The summed E-state index contributed by atoms with van der Waals surface area (Å²) in [5, 5.41) is 5.69. The average Bonchev–Trinajstić information content (AvgIpc) is 2.74. The number of unbranched alkanes of at least 4 members (excludes halogenated alkanes) is 4. The lowest BCUT2D eigenvalue weighted by molar-refractivity contribution is -0.140. The molecule has 3 amide bonds. The molecule has 0 aliphatic carbocycles. The smallest absolute Gasteiger partial charge is 0.408 e. The van der Waals surface area contributed by atoms with Gasteiger partial charge in [-0.25, -0.2) is 4.79 Å². The maximum Gasteiger partial charge on any atom is 0.408 e. The third-order valence-electron chi connectivity index (χ3n) is 5.84. The van der Waals surface area contributed by atoms with E-state index in [1.54, 1.807) is 25.7 Å². The van der Waals surface area contributed by atoms with Gasteiger partial charge < -0.3 is 20.3 Å². The number of rotatable bonds is 14. The van der Waals surface area contributed by atoms with Gasteiger partial charge in [0.05, 0.1) is 0 Å². The van der Waals surface area contributed by atoms with Gasteiger partial charge in [-0.3, -0.25) is 9.59 Å². The first-order valence-electron chi connectivity index (χ1n) is 13.5. The minimum absolute atomic E-state index is 0.00250. The van der Waals surface area contributed by atoms with E-state index in [-0.39, 0.29) is 24.4 Å². The van der Waals surface area contributed by atoms with Crippen molar-refractivity contribution in [1.29, 1.82) is 0 Å². The van der Waals surface area contributed by atoms with E-state index in [4.69, 9.17) is 4.74 Å². The van der Waals surface area contributed by atoms with Crippen LogP contribution >= 0.6 is 0 Å². The summed E-state index contributed by atoms with van der Waals surface area (Å²) < 4.78 is 5.30. The lowest BCUT2D eigenvalue weighted by Gasteiger charge is -2.33. The number of hydrogen-bond donors (Lipinski definition) is 2. The molecule has 204 valence electrons. The average molecular weight is 504 g/mol. The second kappa shape index (κ2) is 15.5. The van der Waals surface area contributed by atoms with Gasteiger partial charge in [0.1, 0.15) is 18.2 Å². The molecule has 7 nitrogen and oxygen atoms in total. The molecule has 1 rings (SSSR count). The summed E-state index contributed by atoms with van der Waals surface area (Å²) in [5.74, 6) is -0.501. The molecule has 0 fully saturated rings. The van der Waals surface area contributed by atoms with Crippen LogP contribution in [0.5, 0.6) is 0 Å². The highest BCUT2D eigenvalue weighted by molar-refractivity contribution is 5.90. The second-order valence-corrected chi connectivity index (χ2v) is 10.9. The Balaban J connectivity index is 3.27. The molecule has 0 aliphatic rings. The molecule has 0 spiro atoms. The van der Waals surface area contributed by atoms with Crippen LogP contribution in [0.25, 0.3) is 0 Å². The molecule has 0 radical (unpaired) electrons. The predicted molar refractivity (Wildman–Crippen MR) is 146 cm³/mol. The van der Waals surface area contributed by atoms with Crippen LogP contribution in [0.3, 0.4) is 0 Å². The molecule has 0 aliphatic heterocycles. The Kier molecular flexibility index (Phi) is 13.6. The summed E-state index contributed by atoms with van der Waals surface area (Å²) in [6, 6.07) is 5.22. The molecular formula is C29H49N3O4. The number of carbonyl (C=O) groups is 3. The van der Waals surface area contributed by atoms with Gasteiger partial charge in [-0.1, -0.05) is 75.3 Å². The van der Waals surface area contributed by atoms with Crippen molar-refractivity contribution in [3.05, 3.63) is 34.9 Å². The van der Waals surface area contributed by atoms with E-state index in [1.807, 2.05) is 32.9 Å². The number of nitrogens with zero attached hydrogens (tertiary/aromatic N) is 1. The SMILES string of the molecule is CCCCCCCN(C(=O)CNC(=O)OC(C)(C)C)C(C(=O)NC(C)CCC)c1cc(C)cc(C)c1. The van der Waals surface area contributed by atoms with E-state index in [0.717, 1.165) is 61.6 Å². The maximum atomic E-state index is 13.6. The summed E-state index contributed by atoms with van der Waals surface area (Å²) in [4.78, 5) is 41.0. The van der Waals surface area contributed by atoms with E-state index >= 15 is 0 Å². The molecule has 36 heavy (non-hydrogen) atoms. The van der Waals surface area contributed by atoms with Crippen molar-refractivity contribution < 1.29 is 19.1 Å². The fourth-order valence-corrected chi connectivity index (χ4v) is 4.31. The van der Waals surface area contributed by atoms with Crippen LogP contribution < -0.4 is 10.6 Å². The largest absolute Gasteiger partial charge is 0.444 e. The highest BCUT2D eigenvalue weighted by atomic mass is 16.6. The Morgan fingerprint density at radius 2 is 1.56 bits per heavy atom. The molecule has 0 saturated heterocycles. The van der Waals surface area contributed by atoms with Crippen LogP contribution in [0.2, 0.25) is 0 Å². The third kappa shape index (κ3) is 11.9. The predicted octanol–water partition coefficient (Wildman–Crippen LogP) is 5.97. The van der Waals surface area contributed by atoms with Crippen LogP contribution in [0.4, 0.5) is 4.79 Å². The first-order valence-corrected chi connectivity index (χ1v) is 13.5. The Bertz CT molecular complexity index is 827. The van der Waals surface area contributed by atoms with Gasteiger partial charge in [0.2, 0.25) is 11.8 Å². The molecule has 2 N–H and O–H groups in total. The number of ether oxygens (including phenoxy) is 1. The summed E-state index contributed by atoms with van der Waals surface area (Å²) in [5.41, 5.74) is 2.19. The van der Waals surface area contributed by atoms with Gasteiger partial charge in [0.15, 0.2) is 0 Å². The molecule has 0 aromatic heterocycles. The second-order valence-electron chi connectivity index (χ2n) is 10.9. The van der Waals surface area contributed by atoms with Crippen LogP contribution in [0.1, 0.15) is 109 Å². The first-order chi connectivity index (χ1) is 16.9. The Labute approximate surface area is 218 Å². The highest BCUT2D eigenvalue weighted by Gasteiger charge is 2.32. The van der Waals surface area contributed by atoms with Gasteiger partial charge in [-0.05, 0) is 59.9 Å². The molecule has 2 atom stereocenters. The van der Waals surface area contributed by atoms with Gasteiger partial charge >= 0.3 is 6.09 Å². The lowest BCUT2D eigenvalue weighted by Crippen LogP contribution is -2.49. The zero-order valence-electron chi connectivity index (χ0n) is 23.8. The van der Waals surface area contributed by atoms with Crippen molar-refractivity contribution in [2.75, 3.05) is 13.1 Å². The fraction of sp³-hybridized carbons (Fsp3) is 0.690. The molecule has 1 aromatic rings. The summed E-state index contributed by atoms with van der Waals surface area (Å²) in [6.07, 6.45) is 6.29. The van der Waals surface area contributed by atoms with Gasteiger partial charge in [-0.15, -0.1) is 0 Å². The highest BCUT2D eigenvalue weighted by Crippen LogP contribution is 2.25. The molecule has 7 heteroatoms. The number of alkyl carbamates (subject to hydrolysis) is 1. The van der Waals surface area contributed by atoms with E-state index < -0.39 is 17.7 Å². The van der Waals surface area contributed by atoms with Crippen LogP contribution in [0.15, 0.2) is 18.2 Å². The van der Waals surface area contributed by atoms with Crippen molar-refractivity contribution in [2.24, 2.45) is 0 Å². The van der Waals surface area contributed by atoms with E-state index in [9.17, 15) is 14.4 Å². The van der Waals surface area contributed by atoms with Gasteiger partial charge in [0, 0.05) is 12.6 Å². The summed E-state index contributed by atoms with van der Waals surface area (Å²) in [7, 11) is 0. The first kappa shape index (κ1) is 31.5. The quantitative estimate of drug-likeness (QED) is 0.306. The van der Waals surface area contributed by atoms with Crippen molar-refractivity contribution in [3.8, 4) is 0 Å². The third-order valence-corrected chi connectivity index (χ3v) is 5.84. The molecule has 0 heterocycles. The topological polar surface area (TPSA) is 87.7 Å². The van der Waals surface area contributed by atoms with Crippen molar-refractivity contribution >= 4 is 17.9 Å². The monoisotopic (exact) mass is 503 g/mol. The number of nitrogens with one attached hydrogen (secondary N) is 2. The number of amides is 3. The zero-order valence-corrected chi connectivity index (χ0v) is 23.8. The van der Waals surface area contributed by atoms with Crippen LogP contribution in [-0.2, 0) is 14.3 Å². The fourth-order valence-electron chi connectivity index (χ4n) is 4.31. The maximum absolute atomic E-state index is 13.6. The number of benzene rings is 1.